The van der Waals surface area contributed by atoms with Crippen molar-refractivity contribution in [2.24, 2.45) is 4.99 Å². The molecule has 2 heterocycles. The molecule has 130 valence electrons. The highest BCUT2D eigenvalue weighted by atomic mass is 16.4. The maximum Gasteiger partial charge on any atom is 0.214 e. The summed E-state index contributed by atoms with van der Waals surface area (Å²) < 4.78 is 7.40. The molecule has 0 radical (unpaired) electrons. The van der Waals surface area contributed by atoms with E-state index in [9.17, 15) is 0 Å². The highest BCUT2D eigenvalue weighted by Crippen LogP contribution is 2.08. The van der Waals surface area contributed by atoms with Crippen molar-refractivity contribution in [2.45, 2.75) is 26.9 Å². The quantitative estimate of drug-likeness (QED) is 0.551. The molecule has 0 saturated carbocycles. The maximum absolute atomic E-state index is 5.55. The molecule has 1 aromatic carbocycles. The van der Waals surface area contributed by atoms with Crippen LogP contribution in [0.5, 0.6) is 0 Å². The largest absolute Gasteiger partial charge is 0.444 e. The van der Waals surface area contributed by atoms with Gasteiger partial charge in [-0.25, -0.2) is 9.67 Å². The van der Waals surface area contributed by atoms with Crippen LogP contribution < -0.4 is 10.6 Å². The van der Waals surface area contributed by atoms with Gasteiger partial charge >= 0.3 is 0 Å². The molecule has 0 spiro atoms. The van der Waals surface area contributed by atoms with Crippen molar-refractivity contribution in [3.63, 3.8) is 0 Å². The molecule has 7 nitrogen and oxygen atoms in total. The Hall–Kier alpha value is -3.09. The topological polar surface area (TPSA) is 80.3 Å². The van der Waals surface area contributed by atoms with Gasteiger partial charge in [0, 0.05) is 13.2 Å². The van der Waals surface area contributed by atoms with E-state index in [0.29, 0.717) is 24.9 Å². The summed E-state index contributed by atoms with van der Waals surface area (Å²) in [7, 11) is 1.73. The molecule has 0 atom stereocenters. The second-order valence-electron chi connectivity index (χ2n) is 5.62. The van der Waals surface area contributed by atoms with E-state index < -0.39 is 0 Å². The van der Waals surface area contributed by atoms with Crippen molar-refractivity contribution in [3.05, 3.63) is 65.6 Å². The van der Waals surface area contributed by atoms with Crippen LogP contribution in [0.3, 0.4) is 0 Å². The van der Waals surface area contributed by atoms with Crippen molar-refractivity contribution >= 4 is 5.96 Å². The predicted molar refractivity (Wildman–Crippen MR) is 96.6 cm³/mol. The van der Waals surface area contributed by atoms with Gasteiger partial charge in [0.2, 0.25) is 5.89 Å². The van der Waals surface area contributed by atoms with E-state index in [4.69, 9.17) is 4.42 Å². The summed E-state index contributed by atoms with van der Waals surface area (Å²) in [6.07, 6.45) is 1.95. The first-order valence-electron chi connectivity index (χ1n) is 8.13. The fourth-order valence-electron chi connectivity index (χ4n) is 2.35. The minimum atomic E-state index is 0.479. The number of aliphatic imine (C=N–C) groups is 1. The Morgan fingerprint density at radius 2 is 1.88 bits per heavy atom. The van der Waals surface area contributed by atoms with Gasteiger partial charge in [0.25, 0.3) is 0 Å². The number of hydrogen-bond donors (Lipinski definition) is 2. The molecule has 7 heteroatoms. The molecule has 0 unspecified atom stereocenters. The molecule has 0 bridgehead atoms. The molecule has 0 aliphatic heterocycles. The second kappa shape index (κ2) is 7.65. The molecule has 25 heavy (non-hydrogen) atoms. The van der Waals surface area contributed by atoms with Crippen molar-refractivity contribution in [1.82, 2.24) is 25.4 Å². The molecule has 2 N–H and O–H groups in total. The monoisotopic (exact) mass is 338 g/mol. The lowest BCUT2D eigenvalue weighted by molar-refractivity contribution is 0.463. The van der Waals surface area contributed by atoms with E-state index in [2.05, 4.69) is 25.7 Å². The molecule has 0 fully saturated rings. The summed E-state index contributed by atoms with van der Waals surface area (Å²) in [5, 5.41) is 11.0. The van der Waals surface area contributed by atoms with Crippen LogP contribution in [0.4, 0.5) is 0 Å². The molecule has 2 aromatic heterocycles. The summed E-state index contributed by atoms with van der Waals surface area (Å²) in [4.78, 5) is 8.55. The predicted octanol–water partition coefficient (Wildman–Crippen LogP) is 2.34. The Kier molecular flexibility index (Phi) is 5.13. The fraction of sp³-hybridized carbons (Fsp3) is 0.278. The second-order valence-corrected chi connectivity index (χ2v) is 5.62. The first-order valence-corrected chi connectivity index (χ1v) is 8.13. The van der Waals surface area contributed by atoms with Crippen LogP contribution in [0.15, 0.2) is 52.0 Å². The lowest BCUT2D eigenvalue weighted by Gasteiger charge is -2.09. The molecule has 0 aliphatic carbocycles. The van der Waals surface area contributed by atoms with Crippen molar-refractivity contribution < 1.29 is 4.42 Å². The summed E-state index contributed by atoms with van der Waals surface area (Å²) in [6.45, 7) is 4.89. The Balaban J connectivity index is 1.54. The van der Waals surface area contributed by atoms with E-state index in [1.807, 2.05) is 61.1 Å². The molecule has 3 aromatic rings. The Labute approximate surface area is 146 Å². The van der Waals surface area contributed by atoms with E-state index in [0.717, 1.165) is 22.8 Å². The van der Waals surface area contributed by atoms with Crippen LogP contribution in [-0.4, -0.2) is 27.8 Å². The van der Waals surface area contributed by atoms with Gasteiger partial charge in [0.05, 0.1) is 30.2 Å². The van der Waals surface area contributed by atoms with Crippen LogP contribution in [0, 0.1) is 13.8 Å². The van der Waals surface area contributed by atoms with Crippen LogP contribution in [0.1, 0.15) is 23.0 Å². The normalized spacial score (nSPS) is 11.6. The number of oxazole rings is 1. The zero-order valence-corrected chi connectivity index (χ0v) is 14.7. The zero-order valence-electron chi connectivity index (χ0n) is 14.7. The van der Waals surface area contributed by atoms with Gasteiger partial charge in [0.1, 0.15) is 5.76 Å². The first kappa shape index (κ1) is 16.8. The van der Waals surface area contributed by atoms with Crippen molar-refractivity contribution in [1.29, 1.82) is 0 Å². The third kappa shape index (κ3) is 4.26. The number of guanidine groups is 1. The molecule has 0 saturated heterocycles. The van der Waals surface area contributed by atoms with Crippen molar-refractivity contribution in [2.75, 3.05) is 7.05 Å². The van der Waals surface area contributed by atoms with Gasteiger partial charge < -0.3 is 15.1 Å². The standard InChI is InChI=1S/C18H22N6O/c1-13-14(2)25-17(22-13)12-21-18(19-3)20-11-15-9-10-24(23-15)16-7-5-4-6-8-16/h4-10H,11-12H2,1-3H3,(H2,19,20,21). The van der Waals surface area contributed by atoms with Crippen LogP contribution in [-0.2, 0) is 13.1 Å². The first-order chi connectivity index (χ1) is 12.2. The summed E-state index contributed by atoms with van der Waals surface area (Å²) >= 11 is 0. The van der Waals surface area contributed by atoms with Gasteiger partial charge in [-0.15, -0.1) is 0 Å². The Morgan fingerprint density at radius 3 is 2.56 bits per heavy atom. The summed E-state index contributed by atoms with van der Waals surface area (Å²) in [5.41, 5.74) is 2.87. The summed E-state index contributed by atoms with van der Waals surface area (Å²) in [5.74, 6) is 2.15. The van der Waals surface area contributed by atoms with Gasteiger partial charge in [0.15, 0.2) is 5.96 Å². The minimum Gasteiger partial charge on any atom is -0.444 e. The molecular formula is C18H22N6O. The maximum atomic E-state index is 5.55. The SMILES string of the molecule is CN=C(NCc1ccn(-c2ccccc2)n1)NCc1nc(C)c(C)o1. The number of nitrogens with one attached hydrogen (secondary N) is 2. The number of rotatable bonds is 5. The van der Waals surface area contributed by atoms with E-state index in [1.165, 1.54) is 0 Å². The van der Waals surface area contributed by atoms with Crippen molar-refractivity contribution in [3.8, 4) is 5.69 Å². The number of benzene rings is 1. The lowest BCUT2D eigenvalue weighted by Crippen LogP contribution is -2.36. The van der Waals surface area contributed by atoms with E-state index >= 15 is 0 Å². The highest BCUT2D eigenvalue weighted by molar-refractivity contribution is 5.79. The average Bonchev–Trinajstić information content (AvgIpc) is 3.23. The van der Waals surface area contributed by atoms with E-state index in [1.54, 1.807) is 7.05 Å². The van der Waals surface area contributed by atoms with Gasteiger partial charge in [-0.2, -0.15) is 5.10 Å². The van der Waals surface area contributed by atoms with Crippen LogP contribution >= 0.6 is 0 Å². The third-order valence-corrected chi connectivity index (χ3v) is 3.81. The number of aromatic nitrogens is 3. The summed E-state index contributed by atoms with van der Waals surface area (Å²) in [6, 6.07) is 12.0. The lowest BCUT2D eigenvalue weighted by atomic mass is 10.3. The van der Waals surface area contributed by atoms with E-state index in [-0.39, 0.29) is 0 Å². The third-order valence-electron chi connectivity index (χ3n) is 3.81. The zero-order chi connectivity index (χ0) is 17.6. The van der Waals surface area contributed by atoms with Gasteiger partial charge in [-0.3, -0.25) is 4.99 Å². The number of hydrogen-bond acceptors (Lipinski definition) is 4. The number of aryl methyl sites for hydroxylation is 2. The van der Waals surface area contributed by atoms with Gasteiger partial charge in [-0.05, 0) is 32.0 Å². The number of nitrogens with zero attached hydrogens (tertiary/aromatic N) is 4. The minimum absolute atomic E-state index is 0.479. The molecule has 0 amide bonds. The Bertz CT molecular complexity index is 830. The molecule has 3 rings (SSSR count). The van der Waals surface area contributed by atoms with Gasteiger partial charge in [-0.1, -0.05) is 18.2 Å². The smallest absolute Gasteiger partial charge is 0.214 e. The van der Waals surface area contributed by atoms with Crippen LogP contribution in [0.2, 0.25) is 0 Å². The van der Waals surface area contributed by atoms with Crippen LogP contribution in [0.25, 0.3) is 5.69 Å². The molecule has 0 aliphatic rings. The molecular weight excluding hydrogens is 316 g/mol. The average molecular weight is 338 g/mol. The number of para-hydroxylation sites is 1. The fourth-order valence-corrected chi connectivity index (χ4v) is 2.35. The highest BCUT2D eigenvalue weighted by Gasteiger charge is 2.07. The Morgan fingerprint density at radius 1 is 1.12 bits per heavy atom.